The van der Waals surface area contributed by atoms with Gasteiger partial charge in [0.1, 0.15) is 0 Å². The molecule has 0 amide bonds. The van der Waals surface area contributed by atoms with Gasteiger partial charge in [-0.2, -0.15) is 0 Å². The first-order chi connectivity index (χ1) is 9.31. The van der Waals surface area contributed by atoms with Crippen molar-refractivity contribution in [1.82, 2.24) is 9.88 Å². The minimum Gasteiger partial charge on any atom is -0.326 e. The van der Waals surface area contributed by atoms with Gasteiger partial charge in [-0.1, -0.05) is 38.7 Å². The maximum atomic E-state index is 6.42. The van der Waals surface area contributed by atoms with Crippen molar-refractivity contribution >= 4 is 0 Å². The van der Waals surface area contributed by atoms with Crippen molar-refractivity contribution in [2.24, 2.45) is 5.73 Å². The third kappa shape index (κ3) is 4.29. The van der Waals surface area contributed by atoms with Crippen LogP contribution in [0.25, 0.3) is 0 Å². The van der Waals surface area contributed by atoms with E-state index in [1.54, 1.807) is 0 Å². The summed E-state index contributed by atoms with van der Waals surface area (Å²) in [6.45, 7) is 4.21. The summed E-state index contributed by atoms with van der Waals surface area (Å²) in [4.78, 5) is 6.96. The number of hydrogen-bond acceptors (Lipinski definition) is 3. The molecule has 2 unspecified atom stereocenters. The summed E-state index contributed by atoms with van der Waals surface area (Å²) in [5, 5.41) is 0. The SMILES string of the molecule is CCN(Cc1ccccn1)C1CCCCCCC1N. The summed E-state index contributed by atoms with van der Waals surface area (Å²) in [5.74, 6) is 0. The van der Waals surface area contributed by atoms with E-state index < -0.39 is 0 Å². The third-order valence-corrected chi connectivity index (χ3v) is 4.25. The molecule has 1 fully saturated rings. The molecule has 2 N–H and O–H groups in total. The molecular formula is C16H27N3. The van der Waals surface area contributed by atoms with Gasteiger partial charge in [-0.15, -0.1) is 0 Å². The summed E-state index contributed by atoms with van der Waals surface area (Å²) in [5.41, 5.74) is 7.57. The van der Waals surface area contributed by atoms with E-state index in [0.29, 0.717) is 12.1 Å². The highest BCUT2D eigenvalue weighted by atomic mass is 15.2. The molecule has 0 spiro atoms. The number of nitrogens with zero attached hydrogens (tertiary/aromatic N) is 2. The van der Waals surface area contributed by atoms with Gasteiger partial charge < -0.3 is 5.73 Å². The van der Waals surface area contributed by atoms with Gasteiger partial charge in [0.25, 0.3) is 0 Å². The number of likely N-dealkylation sites (N-methyl/N-ethyl adjacent to an activating group) is 1. The van der Waals surface area contributed by atoms with Crippen LogP contribution in [-0.2, 0) is 6.54 Å². The van der Waals surface area contributed by atoms with Crippen LogP contribution in [0.2, 0.25) is 0 Å². The second kappa shape index (κ2) is 7.61. The molecule has 1 aromatic heterocycles. The summed E-state index contributed by atoms with van der Waals surface area (Å²) < 4.78 is 0. The Kier molecular flexibility index (Phi) is 5.80. The minimum absolute atomic E-state index is 0.323. The number of aromatic nitrogens is 1. The molecule has 3 heteroatoms. The van der Waals surface area contributed by atoms with Crippen molar-refractivity contribution in [2.75, 3.05) is 6.54 Å². The molecule has 0 radical (unpaired) electrons. The van der Waals surface area contributed by atoms with Crippen molar-refractivity contribution in [3.05, 3.63) is 30.1 Å². The highest BCUT2D eigenvalue weighted by Crippen LogP contribution is 2.22. The van der Waals surface area contributed by atoms with Crippen molar-refractivity contribution in [1.29, 1.82) is 0 Å². The van der Waals surface area contributed by atoms with E-state index in [1.165, 1.54) is 38.5 Å². The first-order valence-corrected chi connectivity index (χ1v) is 7.70. The molecule has 1 heterocycles. The van der Waals surface area contributed by atoms with E-state index in [-0.39, 0.29) is 0 Å². The Morgan fingerprint density at radius 3 is 2.68 bits per heavy atom. The Bertz CT molecular complexity index is 352. The van der Waals surface area contributed by atoms with Crippen LogP contribution in [0, 0.1) is 0 Å². The largest absolute Gasteiger partial charge is 0.326 e. The molecule has 3 nitrogen and oxygen atoms in total. The van der Waals surface area contributed by atoms with Gasteiger partial charge in [0.15, 0.2) is 0 Å². The molecule has 106 valence electrons. The molecule has 1 aliphatic rings. The first kappa shape index (κ1) is 14.5. The third-order valence-electron chi connectivity index (χ3n) is 4.25. The Labute approximate surface area is 117 Å². The second-order valence-electron chi connectivity index (χ2n) is 5.61. The van der Waals surface area contributed by atoms with Gasteiger partial charge in [0.2, 0.25) is 0 Å². The molecule has 0 aromatic carbocycles. The minimum atomic E-state index is 0.323. The zero-order valence-corrected chi connectivity index (χ0v) is 12.1. The Balaban J connectivity index is 2.01. The van der Waals surface area contributed by atoms with Crippen molar-refractivity contribution in [3.8, 4) is 0 Å². The van der Waals surface area contributed by atoms with Crippen LogP contribution in [0.4, 0.5) is 0 Å². The van der Waals surface area contributed by atoms with Crippen LogP contribution in [0.1, 0.15) is 51.1 Å². The van der Waals surface area contributed by atoms with Crippen molar-refractivity contribution < 1.29 is 0 Å². The van der Waals surface area contributed by atoms with Gasteiger partial charge in [-0.25, -0.2) is 0 Å². The zero-order chi connectivity index (χ0) is 13.5. The van der Waals surface area contributed by atoms with Crippen molar-refractivity contribution in [3.63, 3.8) is 0 Å². The maximum absolute atomic E-state index is 6.42. The summed E-state index contributed by atoms with van der Waals surface area (Å²) in [6.07, 6.45) is 9.61. The lowest BCUT2D eigenvalue weighted by molar-refractivity contribution is 0.146. The second-order valence-corrected chi connectivity index (χ2v) is 5.61. The van der Waals surface area contributed by atoms with Crippen LogP contribution < -0.4 is 5.73 Å². The fourth-order valence-electron chi connectivity index (χ4n) is 3.11. The standard InChI is InChI=1S/C16H27N3/c1-2-19(13-14-9-7-8-12-18-14)16-11-6-4-3-5-10-15(16)17/h7-9,12,15-16H,2-6,10-11,13,17H2,1H3. The fraction of sp³-hybridized carbons (Fsp3) is 0.688. The Morgan fingerprint density at radius 1 is 1.21 bits per heavy atom. The summed E-state index contributed by atoms with van der Waals surface area (Å²) >= 11 is 0. The molecule has 0 aliphatic heterocycles. The average Bonchev–Trinajstić information content (AvgIpc) is 2.43. The number of nitrogens with two attached hydrogens (primary N) is 1. The van der Waals surface area contributed by atoms with E-state index in [1.807, 2.05) is 12.3 Å². The predicted octanol–water partition coefficient (Wildman–Crippen LogP) is 2.95. The van der Waals surface area contributed by atoms with E-state index in [0.717, 1.165) is 18.8 Å². The van der Waals surface area contributed by atoms with Crippen LogP contribution >= 0.6 is 0 Å². The number of hydrogen-bond donors (Lipinski definition) is 1. The van der Waals surface area contributed by atoms with Crippen LogP contribution in [0.15, 0.2) is 24.4 Å². The van der Waals surface area contributed by atoms with Gasteiger partial charge in [0, 0.05) is 24.8 Å². The molecule has 2 rings (SSSR count). The Morgan fingerprint density at radius 2 is 2.00 bits per heavy atom. The highest BCUT2D eigenvalue weighted by Gasteiger charge is 2.24. The van der Waals surface area contributed by atoms with Gasteiger partial charge >= 0.3 is 0 Å². The maximum Gasteiger partial charge on any atom is 0.0544 e. The normalized spacial score (nSPS) is 25.0. The molecule has 1 saturated carbocycles. The lowest BCUT2D eigenvalue weighted by Crippen LogP contribution is -2.48. The van der Waals surface area contributed by atoms with E-state index in [2.05, 4.69) is 28.9 Å². The van der Waals surface area contributed by atoms with Crippen molar-refractivity contribution in [2.45, 2.75) is 64.1 Å². The first-order valence-electron chi connectivity index (χ1n) is 7.70. The van der Waals surface area contributed by atoms with Gasteiger partial charge in [0.05, 0.1) is 5.69 Å². The Hall–Kier alpha value is -0.930. The lowest BCUT2D eigenvalue weighted by atomic mass is 9.91. The molecule has 2 atom stereocenters. The molecule has 1 aliphatic carbocycles. The number of rotatable bonds is 4. The molecular weight excluding hydrogens is 234 g/mol. The fourth-order valence-corrected chi connectivity index (χ4v) is 3.11. The number of pyridine rings is 1. The van der Waals surface area contributed by atoms with Crippen LogP contribution in [0.5, 0.6) is 0 Å². The smallest absolute Gasteiger partial charge is 0.0544 e. The van der Waals surface area contributed by atoms with Gasteiger partial charge in [-0.3, -0.25) is 9.88 Å². The van der Waals surface area contributed by atoms with E-state index >= 15 is 0 Å². The van der Waals surface area contributed by atoms with Crippen LogP contribution in [-0.4, -0.2) is 28.5 Å². The lowest BCUT2D eigenvalue weighted by Gasteiger charge is -2.36. The van der Waals surface area contributed by atoms with Crippen LogP contribution in [0.3, 0.4) is 0 Å². The summed E-state index contributed by atoms with van der Waals surface area (Å²) in [6, 6.07) is 6.99. The van der Waals surface area contributed by atoms with E-state index in [4.69, 9.17) is 5.73 Å². The predicted molar refractivity (Wildman–Crippen MR) is 79.8 cm³/mol. The monoisotopic (exact) mass is 261 g/mol. The molecule has 0 saturated heterocycles. The van der Waals surface area contributed by atoms with Gasteiger partial charge in [-0.05, 0) is 31.5 Å². The molecule has 1 aromatic rings. The summed E-state index contributed by atoms with van der Waals surface area (Å²) in [7, 11) is 0. The highest BCUT2D eigenvalue weighted by molar-refractivity contribution is 5.04. The zero-order valence-electron chi connectivity index (χ0n) is 12.1. The average molecular weight is 261 g/mol. The molecule has 0 bridgehead atoms. The molecule has 19 heavy (non-hydrogen) atoms. The quantitative estimate of drug-likeness (QED) is 0.906. The topological polar surface area (TPSA) is 42.2 Å². The van der Waals surface area contributed by atoms with E-state index in [9.17, 15) is 0 Å².